The van der Waals surface area contributed by atoms with Crippen LogP contribution in [0.25, 0.3) is 11.0 Å². The zero-order valence-corrected chi connectivity index (χ0v) is 23.4. The maximum absolute atomic E-state index is 13.3. The topological polar surface area (TPSA) is 78.3 Å². The molecule has 12 heteroatoms. The van der Waals surface area contributed by atoms with Crippen molar-refractivity contribution in [2.24, 2.45) is 0 Å². The van der Waals surface area contributed by atoms with Gasteiger partial charge < -0.3 is 28.6 Å². The zero-order valence-electron chi connectivity index (χ0n) is 22.6. The van der Waals surface area contributed by atoms with Crippen molar-refractivity contribution in [1.29, 1.82) is 0 Å². The van der Waals surface area contributed by atoms with Crippen LogP contribution in [0.4, 0.5) is 24.5 Å². The lowest BCUT2D eigenvalue weighted by molar-refractivity contribution is -0.274. The summed E-state index contributed by atoms with van der Waals surface area (Å²) in [5, 5.41) is 0.849. The molecule has 1 fully saturated rings. The molecule has 0 spiro atoms. The van der Waals surface area contributed by atoms with Crippen LogP contribution in [0.3, 0.4) is 0 Å². The predicted octanol–water partition coefficient (Wildman–Crippen LogP) is 5.03. The van der Waals surface area contributed by atoms with Crippen LogP contribution in [-0.2, 0) is 13.0 Å². The molecule has 0 radical (unpaired) electrons. The van der Waals surface area contributed by atoms with Gasteiger partial charge in [0.1, 0.15) is 5.58 Å². The molecule has 2 aliphatic heterocycles. The summed E-state index contributed by atoms with van der Waals surface area (Å²) < 4.78 is 51.9. The molecule has 2 aromatic carbocycles. The van der Waals surface area contributed by atoms with Crippen molar-refractivity contribution >= 4 is 40.2 Å². The number of nitrogens with one attached hydrogen (secondary N) is 1. The van der Waals surface area contributed by atoms with E-state index in [9.17, 15) is 22.8 Å². The number of hydrogen-bond donors (Lipinski definition) is 1. The molecule has 5 rings (SSSR count). The highest BCUT2D eigenvalue weighted by Crippen LogP contribution is 2.35. The summed E-state index contributed by atoms with van der Waals surface area (Å²) in [6.45, 7) is 7.81. The smallest absolute Gasteiger partial charge is 0.422 e. The molecule has 1 N–H and O–H groups in total. The highest BCUT2D eigenvalue weighted by molar-refractivity contribution is 8.00. The predicted molar refractivity (Wildman–Crippen MR) is 150 cm³/mol. The molecule has 40 heavy (non-hydrogen) atoms. The fraction of sp³-hybridized carbons (Fsp3) is 0.429. The number of piperazine rings is 1. The summed E-state index contributed by atoms with van der Waals surface area (Å²) in [7, 11) is 2.10. The van der Waals surface area contributed by atoms with E-state index in [2.05, 4.69) is 32.4 Å². The molecule has 0 atom stereocenters. The van der Waals surface area contributed by atoms with Crippen molar-refractivity contribution in [2.75, 3.05) is 55.1 Å². The number of anilines is 2. The van der Waals surface area contributed by atoms with Crippen LogP contribution in [0.2, 0.25) is 0 Å². The van der Waals surface area contributed by atoms with Crippen LogP contribution in [0, 0.1) is 6.92 Å². The van der Waals surface area contributed by atoms with E-state index in [0.717, 1.165) is 54.4 Å². The van der Waals surface area contributed by atoms with Crippen molar-refractivity contribution in [1.82, 2.24) is 9.80 Å². The van der Waals surface area contributed by atoms with E-state index in [4.69, 9.17) is 4.42 Å². The Morgan fingerprint density at radius 3 is 2.55 bits per heavy atom. The molecule has 1 saturated heterocycles. The molecule has 0 bridgehead atoms. The third kappa shape index (κ3) is 5.73. The van der Waals surface area contributed by atoms with Crippen molar-refractivity contribution in [2.45, 2.75) is 33.2 Å². The number of benzene rings is 2. The van der Waals surface area contributed by atoms with E-state index < -0.39 is 23.6 Å². The monoisotopic (exact) mass is 576 g/mol. The molecule has 0 unspecified atom stereocenters. The number of carbonyl (C=O) groups excluding carboxylic acids is 1. The van der Waals surface area contributed by atoms with Gasteiger partial charge >= 0.3 is 12.0 Å². The molecule has 8 nitrogen and oxygen atoms in total. The highest BCUT2D eigenvalue weighted by atomic mass is 32.2. The van der Waals surface area contributed by atoms with E-state index in [1.165, 1.54) is 29.0 Å². The first-order valence-corrected chi connectivity index (χ1v) is 14.1. The first kappa shape index (κ1) is 28.2. The van der Waals surface area contributed by atoms with Crippen LogP contribution in [0.5, 0.6) is 5.75 Å². The quantitative estimate of drug-likeness (QED) is 0.324. The zero-order chi connectivity index (χ0) is 28.6. The molecule has 0 aliphatic carbocycles. The highest BCUT2D eigenvalue weighted by Gasteiger charge is 2.33. The number of rotatable bonds is 6. The van der Waals surface area contributed by atoms with Gasteiger partial charge in [0.15, 0.2) is 5.75 Å². The second-order valence-electron chi connectivity index (χ2n) is 9.99. The lowest BCUT2D eigenvalue weighted by Crippen LogP contribution is -2.44. The van der Waals surface area contributed by atoms with E-state index in [-0.39, 0.29) is 17.8 Å². The van der Waals surface area contributed by atoms with Crippen molar-refractivity contribution in [3.63, 3.8) is 0 Å². The number of amides is 1. The molecule has 0 saturated carbocycles. The van der Waals surface area contributed by atoms with E-state index >= 15 is 0 Å². The number of alkyl halides is 3. The van der Waals surface area contributed by atoms with Gasteiger partial charge in [0.05, 0.1) is 17.8 Å². The minimum absolute atomic E-state index is 0.00679. The maximum atomic E-state index is 13.3. The number of aryl methyl sites for hydroxylation is 1. The minimum Gasteiger partial charge on any atom is -0.422 e. The number of carbonyl (C=O) groups is 1. The largest absolute Gasteiger partial charge is 0.573 e. The maximum Gasteiger partial charge on any atom is 0.573 e. The van der Waals surface area contributed by atoms with Crippen molar-refractivity contribution in [3.05, 3.63) is 63.0 Å². The first-order valence-electron chi connectivity index (χ1n) is 13.1. The number of ether oxygens (including phenoxy) is 1. The Balaban J connectivity index is 1.42. The summed E-state index contributed by atoms with van der Waals surface area (Å²) in [5.74, 6) is -0.366. The number of likely N-dealkylation sites (N-methyl/N-ethyl adjacent to an activating group) is 1. The average molecular weight is 577 g/mol. The van der Waals surface area contributed by atoms with Crippen LogP contribution < -0.4 is 20.0 Å². The molecule has 1 amide bonds. The Kier molecular flexibility index (Phi) is 7.92. The summed E-state index contributed by atoms with van der Waals surface area (Å²) in [4.78, 5) is 32.5. The Morgan fingerprint density at radius 1 is 1.10 bits per heavy atom. The fourth-order valence-electron chi connectivity index (χ4n) is 5.30. The third-order valence-corrected chi connectivity index (χ3v) is 8.05. The minimum atomic E-state index is -4.92. The van der Waals surface area contributed by atoms with Gasteiger partial charge in [-0.2, -0.15) is 0 Å². The average Bonchev–Trinajstić information content (AvgIpc) is 2.92. The van der Waals surface area contributed by atoms with Crippen LogP contribution in [0.15, 0.2) is 39.5 Å². The van der Waals surface area contributed by atoms with Crippen LogP contribution in [0.1, 0.15) is 34.0 Å². The van der Waals surface area contributed by atoms with Gasteiger partial charge in [-0.3, -0.25) is 4.79 Å². The summed E-state index contributed by atoms with van der Waals surface area (Å²) in [5.41, 5.74) is 3.40. The Bertz CT molecular complexity index is 1490. The summed E-state index contributed by atoms with van der Waals surface area (Å²) in [6, 6.07) is 7.96. The molecule has 3 heterocycles. The SMILES string of the molecule is CCSNc1ccc(C(=O)N2CCc3c(c(=O)oc4c(C)c(N5CCN(C)CC5)ccc34)C2)cc1OC(F)(F)F. The number of nitrogens with zero attached hydrogens (tertiary/aromatic N) is 3. The molecule has 3 aromatic rings. The number of hydrogen-bond acceptors (Lipinski definition) is 8. The Morgan fingerprint density at radius 2 is 1.85 bits per heavy atom. The van der Waals surface area contributed by atoms with E-state index in [0.29, 0.717) is 29.9 Å². The molecule has 1 aromatic heterocycles. The lowest BCUT2D eigenvalue weighted by Gasteiger charge is -2.35. The van der Waals surface area contributed by atoms with Crippen LogP contribution in [-0.4, -0.2) is 67.6 Å². The van der Waals surface area contributed by atoms with Gasteiger partial charge in [-0.1, -0.05) is 18.9 Å². The Labute approximate surface area is 234 Å². The Hall–Kier alpha value is -3.38. The van der Waals surface area contributed by atoms with Gasteiger partial charge in [0.2, 0.25) is 0 Å². The van der Waals surface area contributed by atoms with Gasteiger partial charge in [0, 0.05) is 60.7 Å². The molecule has 214 valence electrons. The van der Waals surface area contributed by atoms with Crippen molar-refractivity contribution < 1.29 is 27.1 Å². The number of halogens is 3. The lowest BCUT2D eigenvalue weighted by atomic mass is 9.95. The van der Waals surface area contributed by atoms with E-state index in [1.54, 1.807) is 0 Å². The van der Waals surface area contributed by atoms with Gasteiger partial charge in [-0.15, -0.1) is 13.2 Å². The van der Waals surface area contributed by atoms with Gasteiger partial charge in [-0.05, 0) is 56.3 Å². The number of fused-ring (bicyclic) bond motifs is 3. The first-order chi connectivity index (χ1) is 19.1. The molecular weight excluding hydrogens is 545 g/mol. The summed E-state index contributed by atoms with van der Waals surface area (Å²) in [6.07, 6.45) is -4.49. The molecule has 2 aliphatic rings. The normalized spacial score (nSPS) is 16.2. The van der Waals surface area contributed by atoms with Gasteiger partial charge in [0.25, 0.3) is 5.91 Å². The van der Waals surface area contributed by atoms with E-state index in [1.807, 2.05) is 19.9 Å². The van der Waals surface area contributed by atoms with Crippen molar-refractivity contribution in [3.8, 4) is 5.75 Å². The standard InChI is InChI=1S/C28H31F3N4O4S/c1-4-40-32-22-7-5-18(15-24(22)39-28(29,30)31)26(36)35-10-9-19-20-6-8-23(34-13-11-33(3)12-14-34)17(2)25(20)38-27(37)21(19)16-35/h5-8,15,32H,4,9-14,16H2,1-3H3. The third-order valence-electron chi connectivity index (χ3n) is 7.40. The second kappa shape index (κ2) is 11.2. The summed E-state index contributed by atoms with van der Waals surface area (Å²) >= 11 is 1.21. The fourth-order valence-corrected chi connectivity index (χ4v) is 5.77. The molecular formula is C28H31F3N4O4S. The second-order valence-corrected chi connectivity index (χ2v) is 11.1. The van der Waals surface area contributed by atoms with Gasteiger partial charge in [-0.25, -0.2) is 4.79 Å². The van der Waals surface area contributed by atoms with Crippen LogP contribution >= 0.6 is 11.9 Å².